The molecule has 0 aliphatic heterocycles. The van der Waals surface area contributed by atoms with Gasteiger partial charge in [0.25, 0.3) is 0 Å². The molecular formula is C17H21BrN2O. The van der Waals surface area contributed by atoms with Gasteiger partial charge in [0, 0.05) is 29.8 Å². The first-order valence-electron chi connectivity index (χ1n) is 7.40. The van der Waals surface area contributed by atoms with E-state index in [4.69, 9.17) is 4.42 Å². The van der Waals surface area contributed by atoms with Gasteiger partial charge in [-0.15, -0.1) is 0 Å². The molecule has 1 N–H and O–H groups in total. The molecule has 1 fully saturated rings. The van der Waals surface area contributed by atoms with Gasteiger partial charge in [-0.25, -0.2) is 0 Å². The van der Waals surface area contributed by atoms with Crippen LogP contribution in [0.4, 0.5) is 5.69 Å². The van der Waals surface area contributed by atoms with Gasteiger partial charge in [-0.2, -0.15) is 0 Å². The van der Waals surface area contributed by atoms with E-state index in [1.165, 1.54) is 24.1 Å². The van der Waals surface area contributed by atoms with Gasteiger partial charge in [0.15, 0.2) is 0 Å². The molecule has 0 radical (unpaired) electrons. The van der Waals surface area contributed by atoms with E-state index in [0.29, 0.717) is 0 Å². The van der Waals surface area contributed by atoms with E-state index in [-0.39, 0.29) is 0 Å². The number of halogens is 1. The molecule has 1 aliphatic carbocycles. The third-order valence-corrected chi connectivity index (χ3v) is 4.56. The van der Waals surface area contributed by atoms with Crippen LogP contribution in [0.1, 0.15) is 29.9 Å². The van der Waals surface area contributed by atoms with Gasteiger partial charge in [0.05, 0.1) is 6.54 Å². The summed E-state index contributed by atoms with van der Waals surface area (Å²) in [6, 6.07) is 11.3. The summed E-state index contributed by atoms with van der Waals surface area (Å²) in [5.41, 5.74) is 2.50. The number of nitrogens with zero attached hydrogens (tertiary/aromatic N) is 1. The van der Waals surface area contributed by atoms with Crippen molar-refractivity contribution < 1.29 is 4.42 Å². The Kier molecular flexibility index (Phi) is 4.36. The Balaban J connectivity index is 1.65. The molecule has 1 aromatic carbocycles. The topological polar surface area (TPSA) is 28.4 Å². The van der Waals surface area contributed by atoms with Crippen molar-refractivity contribution in [2.45, 2.75) is 38.9 Å². The first-order chi connectivity index (χ1) is 10.1. The number of aryl methyl sites for hydroxylation is 1. The predicted octanol–water partition coefficient (Wildman–Crippen LogP) is 4.24. The molecule has 2 aromatic rings. The highest BCUT2D eigenvalue weighted by Crippen LogP contribution is 2.26. The van der Waals surface area contributed by atoms with Crippen LogP contribution in [0.25, 0.3) is 0 Å². The molecule has 0 unspecified atom stereocenters. The number of rotatable bonds is 6. The second-order valence-electron chi connectivity index (χ2n) is 5.80. The number of nitrogens with one attached hydrogen (secondary N) is 1. The average molecular weight is 349 g/mol. The fourth-order valence-corrected chi connectivity index (χ4v) is 2.86. The van der Waals surface area contributed by atoms with E-state index in [1.54, 1.807) is 0 Å². The number of furan rings is 1. The molecule has 3 nitrogen and oxygen atoms in total. The summed E-state index contributed by atoms with van der Waals surface area (Å²) in [4.78, 5) is 2.20. The maximum absolute atomic E-state index is 5.64. The molecule has 0 amide bonds. The normalized spacial score (nSPS) is 14.4. The van der Waals surface area contributed by atoms with Crippen LogP contribution in [0.3, 0.4) is 0 Å². The Morgan fingerprint density at radius 1 is 1.29 bits per heavy atom. The van der Waals surface area contributed by atoms with E-state index in [2.05, 4.69) is 51.4 Å². The van der Waals surface area contributed by atoms with Crippen molar-refractivity contribution in [3.8, 4) is 0 Å². The third kappa shape index (κ3) is 3.89. The van der Waals surface area contributed by atoms with Crippen LogP contribution in [0.2, 0.25) is 0 Å². The molecule has 4 heteroatoms. The summed E-state index contributed by atoms with van der Waals surface area (Å²) in [5.74, 6) is 1.95. The lowest BCUT2D eigenvalue weighted by Gasteiger charge is -2.19. The zero-order valence-corrected chi connectivity index (χ0v) is 14.1. The fraction of sp³-hybridized carbons (Fsp3) is 0.412. The van der Waals surface area contributed by atoms with Gasteiger partial charge in [-0.3, -0.25) is 0 Å². The van der Waals surface area contributed by atoms with Crippen molar-refractivity contribution in [3.05, 3.63) is 51.9 Å². The van der Waals surface area contributed by atoms with Crippen LogP contribution in [0.5, 0.6) is 0 Å². The Labute approximate surface area is 134 Å². The smallest absolute Gasteiger partial charge is 0.123 e. The van der Waals surface area contributed by atoms with E-state index in [1.807, 2.05) is 19.1 Å². The minimum atomic E-state index is 0.737. The van der Waals surface area contributed by atoms with Crippen LogP contribution in [-0.2, 0) is 13.1 Å². The molecule has 1 saturated carbocycles. The van der Waals surface area contributed by atoms with Crippen LogP contribution in [-0.4, -0.2) is 13.1 Å². The Morgan fingerprint density at radius 2 is 2.10 bits per heavy atom. The molecule has 1 aromatic heterocycles. The standard InChI is InChI=1S/C17H21BrN2O/c1-12-3-8-16(21-12)11-20(2)15-7-4-13(17(18)9-15)10-19-14-5-6-14/h3-4,7-9,14,19H,5-6,10-11H2,1-2H3. The molecule has 0 atom stereocenters. The predicted molar refractivity (Wildman–Crippen MR) is 89.6 cm³/mol. The number of hydrogen-bond donors (Lipinski definition) is 1. The third-order valence-electron chi connectivity index (χ3n) is 3.82. The van der Waals surface area contributed by atoms with Crippen molar-refractivity contribution in [1.82, 2.24) is 5.32 Å². The van der Waals surface area contributed by atoms with Gasteiger partial charge in [-0.05, 0) is 49.6 Å². The maximum atomic E-state index is 5.64. The zero-order valence-electron chi connectivity index (χ0n) is 12.5. The second-order valence-corrected chi connectivity index (χ2v) is 6.65. The van der Waals surface area contributed by atoms with Gasteiger partial charge >= 0.3 is 0 Å². The quantitative estimate of drug-likeness (QED) is 0.846. The second kappa shape index (κ2) is 6.24. The number of benzene rings is 1. The Bertz CT molecular complexity index is 619. The molecular weight excluding hydrogens is 328 g/mol. The summed E-state index contributed by atoms with van der Waals surface area (Å²) in [7, 11) is 2.09. The Morgan fingerprint density at radius 3 is 2.71 bits per heavy atom. The van der Waals surface area contributed by atoms with Crippen molar-refractivity contribution >= 4 is 21.6 Å². The molecule has 3 rings (SSSR count). The SMILES string of the molecule is Cc1ccc(CN(C)c2ccc(CNC3CC3)c(Br)c2)o1. The summed E-state index contributed by atoms with van der Waals surface area (Å²) in [6.45, 7) is 3.69. The lowest BCUT2D eigenvalue weighted by Crippen LogP contribution is -2.17. The average Bonchev–Trinajstić information content (AvgIpc) is 3.20. The lowest BCUT2D eigenvalue weighted by molar-refractivity contribution is 0.482. The summed E-state index contributed by atoms with van der Waals surface area (Å²) in [6.07, 6.45) is 2.64. The molecule has 0 bridgehead atoms. The first kappa shape index (κ1) is 14.7. The summed E-state index contributed by atoms with van der Waals surface area (Å²) >= 11 is 3.69. The van der Waals surface area contributed by atoms with Crippen LogP contribution in [0.15, 0.2) is 39.2 Å². The maximum Gasteiger partial charge on any atom is 0.123 e. The highest BCUT2D eigenvalue weighted by molar-refractivity contribution is 9.10. The summed E-state index contributed by atoms with van der Waals surface area (Å²) in [5, 5.41) is 3.55. The first-order valence-corrected chi connectivity index (χ1v) is 8.19. The van der Waals surface area contributed by atoms with Crippen LogP contribution < -0.4 is 10.2 Å². The molecule has 112 valence electrons. The Hall–Kier alpha value is -1.26. The fourth-order valence-electron chi connectivity index (χ4n) is 2.35. The molecule has 1 aliphatic rings. The molecule has 0 saturated heterocycles. The van der Waals surface area contributed by atoms with E-state index in [9.17, 15) is 0 Å². The van der Waals surface area contributed by atoms with Crippen molar-refractivity contribution in [2.75, 3.05) is 11.9 Å². The van der Waals surface area contributed by atoms with Crippen molar-refractivity contribution in [3.63, 3.8) is 0 Å². The monoisotopic (exact) mass is 348 g/mol. The molecule has 1 heterocycles. The minimum Gasteiger partial charge on any atom is -0.464 e. The number of hydrogen-bond acceptors (Lipinski definition) is 3. The van der Waals surface area contributed by atoms with Gasteiger partial charge < -0.3 is 14.6 Å². The summed E-state index contributed by atoms with van der Waals surface area (Å²) < 4.78 is 6.80. The molecule has 0 spiro atoms. The van der Waals surface area contributed by atoms with Gasteiger partial charge in [0.1, 0.15) is 11.5 Å². The molecule has 21 heavy (non-hydrogen) atoms. The van der Waals surface area contributed by atoms with E-state index >= 15 is 0 Å². The largest absolute Gasteiger partial charge is 0.464 e. The van der Waals surface area contributed by atoms with Gasteiger partial charge in [-0.1, -0.05) is 22.0 Å². The van der Waals surface area contributed by atoms with Crippen molar-refractivity contribution in [2.24, 2.45) is 0 Å². The van der Waals surface area contributed by atoms with Crippen molar-refractivity contribution in [1.29, 1.82) is 0 Å². The van der Waals surface area contributed by atoms with Crippen LogP contribution >= 0.6 is 15.9 Å². The van der Waals surface area contributed by atoms with Gasteiger partial charge in [0.2, 0.25) is 0 Å². The van der Waals surface area contributed by atoms with E-state index < -0.39 is 0 Å². The lowest BCUT2D eigenvalue weighted by atomic mass is 10.2. The zero-order chi connectivity index (χ0) is 14.8. The van der Waals surface area contributed by atoms with E-state index in [0.717, 1.165) is 35.1 Å². The highest BCUT2D eigenvalue weighted by atomic mass is 79.9. The number of anilines is 1. The minimum absolute atomic E-state index is 0.737. The highest BCUT2D eigenvalue weighted by Gasteiger charge is 2.20. The van der Waals surface area contributed by atoms with Crippen LogP contribution in [0, 0.1) is 6.92 Å².